The second kappa shape index (κ2) is 7.64. The number of hydrogen-bond donors (Lipinski definition) is 0. The Kier molecular flexibility index (Phi) is 5.18. The van der Waals surface area contributed by atoms with Crippen LogP contribution in [0.2, 0.25) is 5.02 Å². The minimum absolute atomic E-state index is 0.0611. The number of benzene rings is 1. The molecule has 1 atom stereocenters. The fourth-order valence-electron chi connectivity index (χ4n) is 3.45. The zero-order valence-electron chi connectivity index (χ0n) is 14.9. The Hall–Kier alpha value is -2.65. The standard InChI is InChI=1S/C19H15ClF3N3O3/c20-12-4-15(23)18(24-5-12)26-7-16(27)25(17(19(26)28)11-8-29-9-11)6-10-1-2-13(21)14(22)3-10/h1-5,11,17H,6-9H2. The van der Waals surface area contributed by atoms with E-state index in [1.54, 1.807) is 0 Å². The summed E-state index contributed by atoms with van der Waals surface area (Å²) in [6.45, 7) is -0.0177. The number of halogens is 4. The van der Waals surface area contributed by atoms with Crippen molar-refractivity contribution in [3.8, 4) is 0 Å². The number of aromatic nitrogens is 1. The Morgan fingerprint density at radius 1 is 1.10 bits per heavy atom. The molecule has 152 valence electrons. The van der Waals surface area contributed by atoms with Crippen LogP contribution >= 0.6 is 11.6 Å². The first-order valence-electron chi connectivity index (χ1n) is 8.78. The molecule has 2 aliphatic heterocycles. The van der Waals surface area contributed by atoms with E-state index in [0.717, 1.165) is 23.1 Å². The van der Waals surface area contributed by atoms with E-state index in [2.05, 4.69) is 4.98 Å². The van der Waals surface area contributed by atoms with Crippen LogP contribution in [-0.4, -0.2) is 47.5 Å². The second-order valence-corrected chi connectivity index (χ2v) is 7.33. The number of hydrogen-bond acceptors (Lipinski definition) is 4. The van der Waals surface area contributed by atoms with Crippen LogP contribution in [0.3, 0.4) is 0 Å². The van der Waals surface area contributed by atoms with Gasteiger partial charge in [0.15, 0.2) is 23.3 Å². The zero-order valence-corrected chi connectivity index (χ0v) is 15.7. The molecule has 0 N–H and O–H groups in total. The van der Waals surface area contributed by atoms with Crippen LogP contribution in [0, 0.1) is 23.4 Å². The summed E-state index contributed by atoms with van der Waals surface area (Å²) >= 11 is 5.71. The third-order valence-electron chi connectivity index (χ3n) is 4.96. The summed E-state index contributed by atoms with van der Waals surface area (Å²) in [5.41, 5.74) is 0.333. The van der Waals surface area contributed by atoms with Crippen LogP contribution in [-0.2, 0) is 20.9 Å². The Labute approximate surface area is 168 Å². The van der Waals surface area contributed by atoms with E-state index in [0.29, 0.717) is 5.56 Å². The van der Waals surface area contributed by atoms with E-state index < -0.39 is 41.9 Å². The minimum Gasteiger partial charge on any atom is -0.380 e. The van der Waals surface area contributed by atoms with Crippen molar-refractivity contribution in [3.63, 3.8) is 0 Å². The smallest absolute Gasteiger partial charge is 0.251 e. The van der Waals surface area contributed by atoms with Crippen LogP contribution in [0.1, 0.15) is 5.56 Å². The van der Waals surface area contributed by atoms with Gasteiger partial charge in [0.05, 0.1) is 18.2 Å². The van der Waals surface area contributed by atoms with E-state index in [-0.39, 0.29) is 36.5 Å². The van der Waals surface area contributed by atoms with Gasteiger partial charge in [-0.2, -0.15) is 0 Å². The Morgan fingerprint density at radius 3 is 2.48 bits per heavy atom. The number of amides is 2. The van der Waals surface area contributed by atoms with Crippen molar-refractivity contribution in [2.24, 2.45) is 5.92 Å². The number of nitrogens with zero attached hydrogens (tertiary/aromatic N) is 3. The van der Waals surface area contributed by atoms with Gasteiger partial charge in [0.25, 0.3) is 5.91 Å². The molecule has 0 saturated carbocycles. The molecule has 3 heterocycles. The van der Waals surface area contributed by atoms with Gasteiger partial charge in [0, 0.05) is 18.7 Å². The molecule has 0 spiro atoms. The molecule has 10 heteroatoms. The van der Waals surface area contributed by atoms with Crippen molar-refractivity contribution in [2.75, 3.05) is 24.7 Å². The number of piperazine rings is 1. The van der Waals surface area contributed by atoms with Gasteiger partial charge in [0.1, 0.15) is 12.6 Å². The number of carbonyl (C=O) groups is 2. The lowest BCUT2D eigenvalue weighted by Crippen LogP contribution is -2.65. The van der Waals surface area contributed by atoms with Crippen molar-refractivity contribution in [1.82, 2.24) is 9.88 Å². The van der Waals surface area contributed by atoms with Crippen molar-refractivity contribution in [1.29, 1.82) is 0 Å². The first kappa shape index (κ1) is 19.7. The molecule has 6 nitrogen and oxygen atoms in total. The van der Waals surface area contributed by atoms with E-state index in [1.807, 2.05) is 0 Å². The summed E-state index contributed by atoms with van der Waals surface area (Å²) in [5.74, 6) is -4.45. The fourth-order valence-corrected chi connectivity index (χ4v) is 3.60. The van der Waals surface area contributed by atoms with Crippen LogP contribution < -0.4 is 4.90 Å². The predicted molar refractivity (Wildman–Crippen MR) is 96.6 cm³/mol. The second-order valence-electron chi connectivity index (χ2n) is 6.90. The molecule has 2 aromatic rings. The van der Waals surface area contributed by atoms with Gasteiger partial charge in [-0.3, -0.25) is 14.5 Å². The van der Waals surface area contributed by atoms with Gasteiger partial charge in [-0.05, 0) is 23.8 Å². The van der Waals surface area contributed by atoms with Crippen LogP contribution in [0.25, 0.3) is 0 Å². The van der Waals surface area contributed by atoms with Crippen molar-refractivity contribution in [2.45, 2.75) is 12.6 Å². The summed E-state index contributed by atoms with van der Waals surface area (Å²) in [5, 5.41) is 0.0611. The molecule has 0 aliphatic carbocycles. The van der Waals surface area contributed by atoms with Gasteiger partial charge < -0.3 is 9.64 Å². The summed E-state index contributed by atoms with van der Waals surface area (Å²) in [6.07, 6.45) is 1.19. The summed E-state index contributed by atoms with van der Waals surface area (Å²) in [7, 11) is 0. The number of carbonyl (C=O) groups excluding carboxylic acids is 2. The van der Waals surface area contributed by atoms with E-state index in [1.165, 1.54) is 17.2 Å². The van der Waals surface area contributed by atoms with E-state index in [4.69, 9.17) is 16.3 Å². The maximum atomic E-state index is 14.3. The summed E-state index contributed by atoms with van der Waals surface area (Å²) < 4.78 is 46.2. The minimum atomic E-state index is -1.05. The lowest BCUT2D eigenvalue weighted by Gasteiger charge is -2.45. The quantitative estimate of drug-likeness (QED) is 0.755. The SMILES string of the molecule is O=C1C(C2COC2)N(Cc2ccc(F)c(F)c2)C(=O)CN1c1ncc(Cl)cc1F. The van der Waals surface area contributed by atoms with Gasteiger partial charge in [-0.1, -0.05) is 17.7 Å². The molecule has 4 rings (SSSR count). The highest BCUT2D eigenvalue weighted by Crippen LogP contribution is 2.30. The Balaban J connectivity index is 1.66. The summed E-state index contributed by atoms with van der Waals surface area (Å²) in [6, 6.07) is 3.36. The van der Waals surface area contributed by atoms with E-state index >= 15 is 0 Å². The fraction of sp³-hybridized carbons (Fsp3) is 0.316. The maximum absolute atomic E-state index is 14.3. The number of ether oxygens (including phenoxy) is 1. The Morgan fingerprint density at radius 2 is 1.86 bits per heavy atom. The highest BCUT2D eigenvalue weighted by atomic mass is 35.5. The molecule has 2 fully saturated rings. The molecule has 0 radical (unpaired) electrons. The number of pyridine rings is 1. The molecule has 2 saturated heterocycles. The van der Waals surface area contributed by atoms with Crippen molar-refractivity contribution < 1.29 is 27.5 Å². The average molecular weight is 426 g/mol. The first-order chi connectivity index (χ1) is 13.8. The third-order valence-corrected chi connectivity index (χ3v) is 5.17. The average Bonchev–Trinajstić information content (AvgIpc) is 2.62. The largest absolute Gasteiger partial charge is 0.380 e. The van der Waals surface area contributed by atoms with E-state index in [9.17, 15) is 22.8 Å². The number of anilines is 1. The highest BCUT2D eigenvalue weighted by Gasteiger charge is 2.47. The molecule has 1 unspecified atom stereocenters. The molecule has 29 heavy (non-hydrogen) atoms. The molecule has 0 bridgehead atoms. The lowest BCUT2D eigenvalue weighted by atomic mass is 9.92. The third kappa shape index (κ3) is 3.67. The summed E-state index contributed by atoms with van der Waals surface area (Å²) in [4.78, 5) is 32.2. The van der Waals surface area contributed by atoms with Crippen LogP contribution in [0.5, 0.6) is 0 Å². The Bertz CT molecular complexity index is 986. The van der Waals surface area contributed by atoms with Gasteiger partial charge in [-0.25, -0.2) is 18.2 Å². The maximum Gasteiger partial charge on any atom is 0.251 e. The number of rotatable bonds is 4. The van der Waals surface area contributed by atoms with Gasteiger partial charge in [0.2, 0.25) is 5.91 Å². The van der Waals surface area contributed by atoms with Crippen LogP contribution in [0.15, 0.2) is 30.5 Å². The van der Waals surface area contributed by atoms with Gasteiger partial charge >= 0.3 is 0 Å². The topological polar surface area (TPSA) is 62.7 Å². The lowest BCUT2D eigenvalue weighted by molar-refractivity contribution is -0.155. The zero-order chi connectivity index (χ0) is 20.7. The van der Waals surface area contributed by atoms with Crippen molar-refractivity contribution in [3.05, 3.63) is 58.5 Å². The normalized spacial score (nSPS) is 20.2. The molecule has 2 aliphatic rings. The van der Waals surface area contributed by atoms with Gasteiger partial charge in [-0.15, -0.1) is 0 Å². The molecule has 1 aromatic carbocycles. The molecule has 1 aromatic heterocycles. The predicted octanol–water partition coefficient (Wildman–Crippen LogP) is 2.54. The highest BCUT2D eigenvalue weighted by molar-refractivity contribution is 6.30. The molecule has 2 amide bonds. The van der Waals surface area contributed by atoms with Crippen LogP contribution in [0.4, 0.5) is 19.0 Å². The first-order valence-corrected chi connectivity index (χ1v) is 9.16. The molecular weight excluding hydrogens is 411 g/mol. The monoisotopic (exact) mass is 425 g/mol. The van der Waals surface area contributed by atoms with Crippen molar-refractivity contribution >= 4 is 29.2 Å². The molecular formula is C19H15ClF3N3O3.